The fourth-order valence-electron chi connectivity index (χ4n) is 2.81. The molecule has 1 saturated heterocycles. The van der Waals surface area contributed by atoms with E-state index in [4.69, 9.17) is 9.47 Å². The number of nitrogens with one attached hydrogen (secondary N) is 2. The SMILES string of the molecule is CCCc1nnc(NC(=O)NCc2cccc(OCCN3CCOCC3)c2)s1. The van der Waals surface area contributed by atoms with Gasteiger partial charge in [0.15, 0.2) is 0 Å². The highest BCUT2D eigenvalue weighted by atomic mass is 32.1. The Balaban J connectivity index is 1.40. The maximum atomic E-state index is 12.1. The molecule has 0 unspecified atom stereocenters. The molecule has 152 valence electrons. The van der Waals surface area contributed by atoms with Gasteiger partial charge in [-0.25, -0.2) is 4.79 Å². The monoisotopic (exact) mass is 405 g/mol. The summed E-state index contributed by atoms with van der Waals surface area (Å²) in [6.07, 6.45) is 1.88. The van der Waals surface area contributed by atoms with Crippen LogP contribution < -0.4 is 15.4 Å². The van der Waals surface area contributed by atoms with Crippen molar-refractivity contribution < 1.29 is 14.3 Å². The fourth-order valence-corrected chi connectivity index (χ4v) is 3.64. The Morgan fingerprint density at radius 3 is 3.00 bits per heavy atom. The number of aromatic nitrogens is 2. The molecule has 0 saturated carbocycles. The van der Waals surface area contributed by atoms with E-state index in [9.17, 15) is 4.79 Å². The molecule has 2 heterocycles. The molecule has 0 radical (unpaired) electrons. The van der Waals surface area contributed by atoms with Crippen LogP contribution in [0.4, 0.5) is 9.93 Å². The summed E-state index contributed by atoms with van der Waals surface area (Å²) >= 11 is 1.40. The summed E-state index contributed by atoms with van der Waals surface area (Å²) in [7, 11) is 0. The number of nitrogens with zero attached hydrogens (tertiary/aromatic N) is 3. The van der Waals surface area contributed by atoms with Gasteiger partial charge in [0, 0.05) is 32.6 Å². The topological polar surface area (TPSA) is 88.6 Å². The van der Waals surface area contributed by atoms with Crippen molar-refractivity contribution in [2.24, 2.45) is 0 Å². The van der Waals surface area contributed by atoms with Crippen LogP contribution in [0.25, 0.3) is 0 Å². The molecule has 0 spiro atoms. The number of aryl methyl sites for hydroxylation is 1. The summed E-state index contributed by atoms with van der Waals surface area (Å²) in [6, 6.07) is 7.47. The summed E-state index contributed by atoms with van der Waals surface area (Å²) in [5.74, 6) is 0.807. The third-order valence-electron chi connectivity index (χ3n) is 4.28. The average Bonchev–Trinajstić information content (AvgIpc) is 3.15. The largest absolute Gasteiger partial charge is 0.492 e. The lowest BCUT2D eigenvalue weighted by Gasteiger charge is -2.26. The summed E-state index contributed by atoms with van der Waals surface area (Å²) in [5.41, 5.74) is 0.975. The zero-order valence-electron chi connectivity index (χ0n) is 16.1. The van der Waals surface area contributed by atoms with Crippen molar-refractivity contribution in [3.63, 3.8) is 0 Å². The third kappa shape index (κ3) is 6.74. The molecule has 2 aromatic rings. The van der Waals surface area contributed by atoms with Crippen molar-refractivity contribution in [2.75, 3.05) is 44.8 Å². The molecule has 0 bridgehead atoms. The van der Waals surface area contributed by atoms with Gasteiger partial charge < -0.3 is 14.8 Å². The van der Waals surface area contributed by atoms with Crippen LogP contribution in [0.2, 0.25) is 0 Å². The van der Waals surface area contributed by atoms with Crippen LogP contribution in [-0.4, -0.2) is 60.6 Å². The first-order chi connectivity index (χ1) is 13.7. The quantitative estimate of drug-likeness (QED) is 0.666. The Morgan fingerprint density at radius 1 is 1.32 bits per heavy atom. The van der Waals surface area contributed by atoms with Crippen LogP contribution in [0.15, 0.2) is 24.3 Å². The zero-order chi connectivity index (χ0) is 19.6. The fraction of sp³-hybridized carbons (Fsp3) is 0.526. The van der Waals surface area contributed by atoms with Gasteiger partial charge in [-0.1, -0.05) is 30.4 Å². The van der Waals surface area contributed by atoms with Crippen molar-refractivity contribution in [3.05, 3.63) is 34.8 Å². The molecule has 1 fully saturated rings. The van der Waals surface area contributed by atoms with E-state index in [1.165, 1.54) is 11.3 Å². The van der Waals surface area contributed by atoms with Crippen molar-refractivity contribution in [1.82, 2.24) is 20.4 Å². The molecule has 1 aliphatic heterocycles. The summed E-state index contributed by atoms with van der Waals surface area (Å²) in [6.45, 7) is 7.51. The third-order valence-corrected chi connectivity index (χ3v) is 5.18. The van der Waals surface area contributed by atoms with E-state index < -0.39 is 0 Å². The average molecular weight is 406 g/mol. The smallest absolute Gasteiger partial charge is 0.321 e. The van der Waals surface area contributed by atoms with Gasteiger partial charge in [-0.3, -0.25) is 10.2 Å². The van der Waals surface area contributed by atoms with Gasteiger partial charge in [0.05, 0.1) is 13.2 Å². The molecular formula is C19H27N5O3S. The summed E-state index contributed by atoms with van der Waals surface area (Å²) in [4.78, 5) is 14.4. The number of hydrogen-bond acceptors (Lipinski definition) is 7. The molecule has 1 aromatic heterocycles. The number of morpholine rings is 1. The van der Waals surface area contributed by atoms with E-state index in [2.05, 4.69) is 32.7 Å². The number of amides is 2. The number of rotatable bonds is 9. The maximum absolute atomic E-state index is 12.1. The standard InChI is InChI=1S/C19H27N5O3S/c1-2-4-17-22-23-19(28-17)21-18(25)20-14-15-5-3-6-16(13-15)27-12-9-24-7-10-26-11-8-24/h3,5-6,13H,2,4,7-12,14H2,1H3,(H2,20,21,23,25). The Hall–Kier alpha value is -2.23. The predicted molar refractivity (Wildman–Crippen MR) is 109 cm³/mol. The molecule has 28 heavy (non-hydrogen) atoms. The lowest BCUT2D eigenvalue weighted by Crippen LogP contribution is -2.38. The van der Waals surface area contributed by atoms with E-state index in [1.807, 2.05) is 24.3 Å². The molecule has 0 aliphatic carbocycles. The predicted octanol–water partition coefficient (Wildman–Crippen LogP) is 2.52. The van der Waals surface area contributed by atoms with Gasteiger partial charge in [-0.15, -0.1) is 10.2 Å². The first-order valence-corrected chi connectivity index (χ1v) is 10.4. The van der Waals surface area contributed by atoms with Crippen LogP contribution in [0.1, 0.15) is 23.9 Å². The molecule has 1 aromatic carbocycles. The molecule has 3 rings (SSSR count). The molecule has 2 N–H and O–H groups in total. The highest BCUT2D eigenvalue weighted by Gasteiger charge is 2.10. The molecule has 9 heteroatoms. The second-order valence-electron chi connectivity index (χ2n) is 6.51. The number of ether oxygens (including phenoxy) is 2. The number of anilines is 1. The summed E-state index contributed by atoms with van der Waals surface area (Å²) in [5, 5.41) is 15.0. The Labute approximate surface area is 169 Å². The number of carbonyl (C=O) groups excluding carboxylic acids is 1. The molecule has 8 nitrogen and oxygen atoms in total. The summed E-state index contributed by atoms with van der Waals surface area (Å²) < 4.78 is 11.2. The minimum atomic E-state index is -0.294. The molecular weight excluding hydrogens is 378 g/mol. The van der Waals surface area contributed by atoms with Gasteiger partial charge in [-0.05, 0) is 24.1 Å². The highest BCUT2D eigenvalue weighted by Crippen LogP contribution is 2.16. The van der Waals surface area contributed by atoms with Gasteiger partial charge >= 0.3 is 6.03 Å². The number of urea groups is 1. The molecule has 0 atom stereocenters. The van der Waals surface area contributed by atoms with E-state index in [0.29, 0.717) is 18.3 Å². The molecule has 1 aliphatic rings. The zero-order valence-corrected chi connectivity index (χ0v) is 17.0. The lowest BCUT2D eigenvalue weighted by molar-refractivity contribution is 0.0322. The Kier molecular flexibility index (Phi) is 8.01. The van der Waals surface area contributed by atoms with Gasteiger partial charge in [0.1, 0.15) is 17.4 Å². The van der Waals surface area contributed by atoms with E-state index in [-0.39, 0.29) is 6.03 Å². The van der Waals surface area contributed by atoms with Crippen molar-refractivity contribution in [1.29, 1.82) is 0 Å². The minimum absolute atomic E-state index is 0.294. The van der Waals surface area contributed by atoms with Crippen LogP contribution in [0, 0.1) is 0 Å². The van der Waals surface area contributed by atoms with E-state index >= 15 is 0 Å². The van der Waals surface area contributed by atoms with Crippen LogP contribution in [-0.2, 0) is 17.7 Å². The van der Waals surface area contributed by atoms with Crippen LogP contribution in [0.5, 0.6) is 5.75 Å². The van der Waals surface area contributed by atoms with Crippen molar-refractivity contribution in [2.45, 2.75) is 26.3 Å². The van der Waals surface area contributed by atoms with E-state index in [0.717, 1.165) is 62.0 Å². The second-order valence-corrected chi connectivity index (χ2v) is 7.57. The number of benzene rings is 1. The second kappa shape index (κ2) is 10.9. The minimum Gasteiger partial charge on any atom is -0.492 e. The number of hydrogen-bond donors (Lipinski definition) is 2. The van der Waals surface area contributed by atoms with Crippen LogP contribution in [0.3, 0.4) is 0 Å². The normalized spacial score (nSPS) is 14.6. The van der Waals surface area contributed by atoms with Gasteiger partial charge in [-0.2, -0.15) is 0 Å². The molecule has 2 amide bonds. The highest BCUT2D eigenvalue weighted by molar-refractivity contribution is 7.15. The number of carbonyl (C=O) groups is 1. The van der Waals surface area contributed by atoms with Crippen molar-refractivity contribution >= 4 is 22.5 Å². The van der Waals surface area contributed by atoms with Crippen LogP contribution >= 0.6 is 11.3 Å². The van der Waals surface area contributed by atoms with Gasteiger partial charge in [0.2, 0.25) is 5.13 Å². The first kappa shape index (κ1) is 20.5. The maximum Gasteiger partial charge on any atom is 0.321 e. The Morgan fingerprint density at radius 2 is 2.18 bits per heavy atom. The van der Waals surface area contributed by atoms with Gasteiger partial charge in [0.25, 0.3) is 0 Å². The van der Waals surface area contributed by atoms with E-state index in [1.54, 1.807) is 0 Å². The first-order valence-electron chi connectivity index (χ1n) is 9.62. The van der Waals surface area contributed by atoms with Crippen molar-refractivity contribution in [3.8, 4) is 5.75 Å². The Bertz CT molecular complexity index is 749. The lowest BCUT2D eigenvalue weighted by atomic mass is 10.2.